The Morgan fingerprint density at radius 3 is 3.12 bits per heavy atom. The maximum Gasteiger partial charge on any atom is 0.138 e. The molecule has 2 unspecified atom stereocenters. The Labute approximate surface area is 160 Å². The van der Waals surface area contributed by atoms with Gasteiger partial charge in [-0.1, -0.05) is 6.92 Å². The first-order valence-corrected chi connectivity index (χ1v) is 10.9. The molecule has 0 amide bonds. The monoisotopic (exact) mass is 374 g/mol. The highest BCUT2D eigenvalue weighted by Gasteiger charge is 2.28. The average Bonchev–Trinajstić information content (AvgIpc) is 3.22. The molecule has 3 heterocycles. The highest BCUT2D eigenvalue weighted by Crippen LogP contribution is 2.39. The number of likely N-dealkylation sites (tertiary alicyclic amines) is 1. The highest BCUT2D eigenvalue weighted by molar-refractivity contribution is 7.19. The summed E-state index contributed by atoms with van der Waals surface area (Å²) in [6, 6.07) is 0.494. The number of rotatable bonds is 7. The van der Waals surface area contributed by atoms with Crippen molar-refractivity contribution in [2.45, 2.75) is 52.0 Å². The molecule has 0 aromatic carbocycles. The Balaban J connectivity index is 1.40. The van der Waals surface area contributed by atoms with Crippen LogP contribution in [0.25, 0.3) is 10.2 Å². The third-order valence-corrected chi connectivity index (χ3v) is 6.98. The Morgan fingerprint density at radius 2 is 2.27 bits per heavy atom. The lowest BCUT2D eigenvalue weighted by molar-refractivity contribution is 0.117. The SMILES string of the molecule is CCOCCCN1CCC(Nc2ncnc3sc4c(c23)CCC4)C(C)C1. The molecule has 2 aromatic rings. The molecule has 0 spiro atoms. The largest absolute Gasteiger partial charge is 0.382 e. The first-order valence-electron chi connectivity index (χ1n) is 10.1. The lowest BCUT2D eigenvalue weighted by Gasteiger charge is -2.37. The topological polar surface area (TPSA) is 50.3 Å². The fourth-order valence-corrected chi connectivity index (χ4v) is 5.63. The number of hydrogen-bond acceptors (Lipinski definition) is 6. The van der Waals surface area contributed by atoms with E-state index in [-0.39, 0.29) is 0 Å². The van der Waals surface area contributed by atoms with Crippen LogP contribution in [0.5, 0.6) is 0 Å². The van der Waals surface area contributed by atoms with Gasteiger partial charge in [0.05, 0.1) is 5.39 Å². The quantitative estimate of drug-likeness (QED) is 0.749. The molecular formula is C20H30N4OS. The molecule has 0 saturated carbocycles. The minimum absolute atomic E-state index is 0.494. The van der Waals surface area contributed by atoms with Gasteiger partial charge >= 0.3 is 0 Å². The highest BCUT2D eigenvalue weighted by atomic mass is 32.1. The van der Waals surface area contributed by atoms with E-state index in [1.54, 1.807) is 6.33 Å². The van der Waals surface area contributed by atoms with Gasteiger partial charge in [0.1, 0.15) is 17.0 Å². The summed E-state index contributed by atoms with van der Waals surface area (Å²) < 4.78 is 5.47. The van der Waals surface area contributed by atoms with Crippen LogP contribution in [0.1, 0.15) is 43.6 Å². The van der Waals surface area contributed by atoms with Crippen molar-refractivity contribution in [1.82, 2.24) is 14.9 Å². The molecule has 5 nitrogen and oxygen atoms in total. The van der Waals surface area contributed by atoms with Gasteiger partial charge in [0.15, 0.2) is 0 Å². The van der Waals surface area contributed by atoms with E-state index in [4.69, 9.17) is 4.74 Å². The number of aryl methyl sites for hydroxylation is 2. The van der Waals surface area contributed by atoms with Crippen molar-refractivity contribution < 1.29 is 4.74 Å². The average molecular weight is 375 g/mol. The number of thiophene rings is 1. The van der Waals surface area contributed by atoms with Crippen molar-refractivity contribution in [2.24, 2.45) is 5.92 Å². The molecule has 2 aromatic heterocycles. The summed E-state index contributed by atoms with van der Waals surface area (Å²) in [7, 11) is 0. The summed E-state index contributed by atoms with van der Waals surface area (Å²) in [5, 5.41) is 5.09. The normalized spacial score (nSPS) is 23.5. The summed E-state index contributed by atoms with van der Waals surface area (Å²) in [5.41, 5.74) is 1.51. The van der Waals surface area contributed by atoms with Gasteiger partial charge < -0.3 is 15.0 Å². The molecule has 0 bridgehead atoms. The molecule has 6 heteroatoms. The van der Waals surface area contributed by atoms with Crippen molar-refractivity contribution in [3.63, 3.8) is 0 Å². The minimum atomic E-state index is 0.494. The fourth-order valence-electron chi connectivity index (χ4n) is 4.40. The lowest BCUT2D eigenvalue weighted by Crippen LogP contribution is -2.45. The van der Waals surface area contributed by atoms with Gasteiger partial charge in [0.2, 0.25) is 0 Å². The molecule has 1 aliphatic heterocycles. The Kier molecular flexibility index (Phi) is 5.72. The van der Waals surface area contributed by atoms with Crippen molar-refractivity contribution in [3.05, 3.63) is 16.8 Å². The smallest absolute Gasteiger partial charge is 0.138 e. The van der Waals surface area contributed by atoms with Crippen LogP contribution in [0.3, 0.4) is 0 Å². The van der Waals surface area contributed by atoms with Crippen LogP contribution in [0.4, 0.5) is 5.82 Å². The summed E-state index contributed by atoms with van der Waals surface area (Å²) in [6.07, 6.45) is 7.71. The predicted molar refractivity (Wildman–Crippen MR) is 108 cm³/mol. The Hall–Kier alpha value is -1.24. The third-order valence-electron chi connectivity index (χ3n) is 5.78. The molecule has 1 N–H and O–H groups in total. The van der Waals surface area contributed by atoms with Crippen LogP contribution in [0.15, 0.2) is 6.33 Å². The van der Waals surface area contributed by atoms with Crippen LogP contribution >= 0.6 is 11.3 Å². The summed E-state index contributed by atoms with van der Waals surface area (Å²) >= 11 is 1.87. The van der Waals surface area contributed by atoms with E-state index < -0.39 is 0 Å². The van der Waals surface area contributed by atoms with Crippen molar-refractivity contribution in [2.75, 3.05) is 38.2 Å². The molecule has 1 saturated heterocycles. The second kappa shape index (κ2) is 8.19. The van der Waals surface area contributed by atoms with Crippen molar-refractivity contribution in [1.29, 1.82) is 0 Å². The fraction of sp³-hybridized carbons (Fsp3) is 0.700. The maximum absolute atomic E-state index is 5.47. The number of ether oxygens (including phenoxy) is 1. The predicted octanol–water partition coefficient (Wildman–Crippen LogP) is 3.73. The minimum Gasteiger partial charge on any atom is -0.382 e. The van der Waals surface area contributed by atoms with Crippen LogP contribution in [0, 0.1) is 5.92 Å². The van der Waals surface area contributed by atoms with Gasteiger partial charge in [-0.2, -0.15) is 0 Å². The number of nitrogens with one attached hydrogen (secondary N) is 1. The molecule has 26 heavy (non-hydrogen) atoms. The first-order chi connectivity index (χ1) is 12.8. The molecule has 1 aliphatic carbocycles. The number of fused-ring (bicyclic) bond motifs is 3. The zero-order valence-corrected chi connectivity index (χ0v) is 16.8. The van der Waals surface area contributed by atoms with E-state index in [9.17, 15) is 0 Å². The first kappa shape index (κ1) is 18.1. The van der Waals surface area contributed by atoms with E-state index in [0.717, 1.165) is 49.9 Å². The van der Waals surface area contributed by atoms with E-state index in [0.29, 0.717) is 12.0 Å². The Morgan fingerprint density at radius 1 is 1.35 bits per heavy atom. The van der Waals surface area contributed by atoms with Crippen LogP contribution in [0.2, 0.25) is 0 Å². The van der Waals surface area contributed by atoms with Crippen LogP contribution < -0.4 is 5.32 Å². The second-order valence-corrected chi connectivity index (χ2v) is 8.71. The van der Waals surface area contributed by atoms with Crippen molar-refractivity contribution >= 4 is 27.4 Å². The van der Waals surface area contributed by atoms with Gasteiger partial charge in [0.25, 0.3) is 0 Å². The molecule has 4 rings (SSSR count). The second-order valence-electron chi connectivity index (χ2n) is 7.63. The van der Waals surface area contributed by atoms with Gasteiger partial charge in [-0.05, 0) is 50.5 Å². The number of anilines is 1. The third kappa shape index (κ3) is 3.73. The molecule has 2 aliphatic rings. The number of piperidine rings is 1. The number of hydrogen-bond donors (Lipinski definition) is 1. The van der Waals surface area contributed by atoms with Gasteiger partial charge in [-0.3, -0.25) is 0 Å². The van der Waals surface area contributed by atoms with E-state index in [1.165, 1.54) is 41.5 Å². The summed E-state index contributed by atoms with van der Waals surface area (Å²) in [5.74, 6) is 1.68. The molecule has 1 fully saturated rings. The molecule has 142 valence electrons. The zero-order chi connectivity index (χ0) is 17.9. The van der Waals surface area contributed by atoms with Gasteiger partial charge in [0, 0.05) is 43.8 Å². The zero-order valence-electron chi connectivity index (χ0n) is 16.0. The van der Waals surface area contributed by atoms with Crippen molar-refractivity contribution in [3.8, 4) is 0 Å². The standard InChI is InChI=1S/C20H30N4OS/c1-3-25-11-5-9-24-10-8-16(14(2)12-24)23-19-18-15-6-4-7-17(15)26-20(18)22-13-21-19/h13-14,16H,3-12H2,1-2H3,(H,21,22,23). The molecule has 2 atom stereocenters. The van der Waals surface area contributed by atoms with E-state index in [2.05, 4.69) is 34.0 Å². The molecule has 0 radical (unpaired) electrons. The summed E-state index contributed by atoms with van der Waals surface area (Å²) in [4.78, 5) is 14.4. The van der Waals surface area contributed by atoms with Gasteiger partial charge in [-0.25, -0.2) is 9.97 Å². The number of aromatic nitrogens is 2. The number of nitrogens with zero attached hydrogens (tertiary/aromatic N) is 3. The Bertz CT molecular complexity index is 747. The van der Waals surface area contributed by atoms with E-state index in [1.807, 2.05) is 11.3 Å². The van der Waals surface area contributed by atoms with E-state index >= 15 is 0 Å². The van der Waals surface area contributed by atoms with Crippen LogP contribution in [-0.4, -0.2) is 53.8 Å². The maximum atomic E-state index is 5.47. The molecular weight excluding hydrogens is 344 g/mol. The lowest BCUT2D eigenvalue weighted by atomic mass is 9.93. The summed E-state index contributed by atoms with van der Waals surface area (Å²) in [6.45, 7) is 9.58. The van der Waals surface area contributed by atoms with Gasteiger partial charge in [-0.15, -0.1) is 11.3 Å². The van der Waals surface area contributed by atoms with Crippen LogP contribution in [-0.2, 0) is 17.6 Å².